The Kier molecular flexibility index (Phi) is 1.41. The van der Waals surface area contributed by atoms with Crippen LogP contribution >= 0.6 is 11.3 Å². The van der Waals surface area contributed by atoms with Gasteiger partial charge in [-0.15, -0.1) is 11.3 Å². The van der Waals surface area contributed by atoms with E-state index in [1.165, 1.54) is 24.5 Å². The molecule has 0 aliphatic heterocycles. The number of hydrogen-bond acceptors (Lipinski definition) is 4. The largest absolute Gasteiger partial charge is 0.427 e. The Morgan fingerprint density at radius 2 is 2.50 bits per heavy atom. The Labute approximate surface area is 72.0 Å². The number of carbonyl (C=O) groups is 1. The van der Waals surface area contributed by atoms with Crippen molar-refractivity contribution < 1.29 is 10.0 Å². The normalized spacial score (nSPS) is 10.8. The topological polar surface area (TPSA) is 55.1 Å². The van der Waals surface area contributed by atoms with Crippen LogP contribution in [0.1, 0.15) is 17.3 Å². The van der Waals surface area contributed by atoms with Gasteiger partial charge in [-0.3, -0.25) is 4.79 Å². The molecule has 0 amide bonds. The van der Waals surface area contributed by atoms with Gasteiger partial charge in [-0.1, -0.05) is 0 Å². The number of carbonyl (C=O) groups excluding carboxylic acids is 1. The Balaban J connectivity index is 2.83. The highest BCUT2D eigenvalue weighted by Gasteiger charge is 2.13. The summed E-state index contributed by atoms with van der Waals surface area (Å²) in [4.78, 5) is 14.9. The van der Waals surface area contributed by atoms with Crippen molar-refractivity contribution >= 4 is 27.5 Å². The highest BCUT2D eigenvalue weighted by Crippen LogP contribution is 2.23. The van der Waals surface area contributed by atoms with E-state index in [1.54, 1.807) is 5.51 Å². The Bertz CT molecular complexity index is 443. The summed E-state index contributed by atoms with van der Waals surface area (Å²) in [7, 11) is 0. The molecule has 12 heavy (non-hydrogen) atoms. The van der Waals surface area contributed by atoms with E-state index in [9.17, 15) is 10.0 Å². The van der Waals surface area contributed by atoms with Crippen LogP contribution in [0.4, 0.5) is 0 Å². The molecule has 0 fully saturated rings. The van der Waals surface area contributed by atoms with Crippen LogP contribution in [0.5, 0.6) is 0 Å². The van der Waals surface area contributed by atoms with Crippen molar-refractivity contribution in [3.05, 3.63) is 17.3 Å². The molecule has 0 bridgehead atoms. The summed E-state index contributed by atoms with van der Waals surface area (Å²) in [6.45, 7) is 1.47. The van der Waals surface area contributed by atoms with Crippen molar-refractivity contribution in [2.24, 2.45) is 0 Å². The summed E-state index contributed by atoms with van der Waals surface area (Å²) in [5, 5.41) is 9.24. The van der Waals surface area contributed by atoms with Gasteiger partial charge in [0.2, 0.25) is 0 Å². The molecule has 0 unspecified atom stereocenters. The van der Waals surface area contributed by atoms with E-state index < -0.39 is 0 Å². The molecule has 1 N–H and O–H groups in total. The van der Waals surface area contributed by atoms with E-state index in [4.69, 9.17) is 0 Å². The van der Waals surface area contributed by atoms with E-state index >= 15 is 0 Å². The third-order valence-electron chi connectivity index (χ3n) is 1.64. The van der Waals surface area contributed by atoms with Crippen molar-refractivity contribution in [2.45, 2.75) is 6.92 Å². The van der Waals surface area contributed by atoms with Crippen molar-refractivity contribution in [3.8, 4) is 0 Å². The number of fused-ring (bicyclic) bond motifs is 1. The third-order valence-corrected chi connectivity index (χ3v) is 2.49. The Morgan fingerprint density at radius 3 is 3.17 bits per heavy atom. The molecule has 2 rings (SSSR count). The predicted molar refractivity (Wildman–Crippen MR) is 44.8 cm³/mol. The van der Waals surface area contributed by atoms with Crippen LogP contribution in [0, 0.1) is 0 Å². The number of thiazole rings is 1. The average Bonchev–Trinajstić information content (AvgIpc) is 2.53. The Hall–Kier alpha value is -1.36. The number of nitrogens with zero attached hydrogens (tertiary/aromatic N) is 2. The molecule has 4 nitrogen and oxygen atoms in total. The highest BCUT2D eigenvalue weighted by molar-refractivity contribution is 7.17. The first-order valence-corrected chi connectivity index (χ1v) is 4.23. The SMILES string of the molecule is CC(=O)c1cn(O)c2ncsc12. The molecule has 0 aliphatic rings. The van der Waals surface area contributed by atoms with Crippen LogP contribution in [0.25, 0.3) is 10.3 Å². The van der Waals surface area contributed by atoms with E-state index in [0.29, 0.717) is 11.2 Å². The van der Waals surface area contributed by atoms with Crippen molar-refractivity contribution in [1.82, 2.24) is 9.71 Å². The second kappa shape index (κ2) is 2.31. The lowest BCUT2D eigenvalue weighted by Gasteiger charge is -1.85. The number of aromatic nitrogens is 2. The second-order valence-electron chi connectivity index (χ2n) is 2.45. The van der Waals surface area contributed by atoms with Gasteiger partial charge in [-0.25, -0.2) is 4.98 Å². The summed E-state index contributed by atoms with van der Waals surface area (Å²) in [5.41, 5.74) is 2.57. The van der Waals surface area contributed by atoms with Crippen molar-refractivity contribution in [1.29, 1.82) is 0 Å². The second-order valence-corrected chi connectivity index (χ2v) is 3.30. The van der Waals surface area contributed by atoms with Gasteiger partial charge < -0.3 is 5.21 Å². The molecule has 0 radical (unpaired) electrons. The number of hydrogen-bond donors (Lipinski definition) is 1. The van der Waals surface area contributed by atoms with E-state index in [0.717, 1.165) is 9.43 Å². The zero-order valence-electron chi connectivity index (χ0n) is 6.31. The van der Waals surface area contributed by atoms with Gasteiger partial charge in [0.05, 0.1) is 22.0 Å². The molecule has 2 aromatic rings. The maximum absolute atomic E-state index is 11.0. The fraction of sp³-hybridized carbons (Fsp3) is 0.143. The van der Waals surface area contributed by atoms with Gasteiger partial charge >= 0.3 is 0 Å². The molecule has 0 spiro atoms. The summed E-state index contributed by atoms with van der Waals surface area (Å²) in [6, 6.07) is 0. The molecular formula is C7H6N2O2S. The quantitative estimate of drug-likeness (QED) is 0.537. The monoisotopic (exact) mass is 182 g/mol. The van der Waals surface area contributed by atoms with Gasteiger partial charge in [0.15, 0.2) is 11.4 Å². The van der Waals surface area contributed by atoms with Gasteiger partial charge in [0.25, 0.3) is 0 Å². The van der Waals surface area contributed by atoms with Gasteiger partial charge in [0.1, 0.15) is 0 Å². The zero-order valence-corrected chi connectivity index (χ0v) is 7.13. The van der Waals surface area contributed by atoms with Crippen LogP contribution in [0.15, 0.2) is 11.7 Å². The number of Topliss-reactive ketones (excluding diaryl/α,β-unsaturated/α-hetero) is 1. The number of ketones is 1. The third kappa shape index (κ3) is 0.831. The maximum Gasteiger partial charge on any atom is 0.186 e. The fourth-order valence-corrected chi connectivity index (χ4v) is 1.91. The first kappa shape index (κ1) is 7.30. The van der Waals surface area contributed by atoms with E-state index in [2.05, 4.69) is 4.98 Å². The van der Waals surface area contributed by atoms with Crippen molar-refractivity contribution in [2.75, 3.05) is 0 Å². The molecule has 0 saturated carbocycles. The maximum atomic E-state index is 11.0. The van der Waals surface area contributed by atoms with Crippen LogP contribution < -0.4 is 0 Å². The molecule has 0 aliphatic carbocycles. The van der Waals surface area contributed by atoms with E-state index in [-0.39, 0.29) is 5.78 Å². The lowest BCUT2D eigenvalue weighted by molar-refractivity contribution is 0.101. The minimum atomic E-state index is -0.0583. The molecule has 2 heterocycles. The summed E-state index contributed by atoms with van der Waals surface area (Å²) in [5.74, 6) is -0.0583. The van der Waals surface area contributed by atoms with Gasteiger partial charge in [0, 0.05) is 0 Å². The predicted octanol–water partition coefficient (Wildman–Crippen LogP) is 1.54. The number of rotatable bonds is 1. The van der Waals surface area contributed by atoms with Crippen LogP contribution in [-0.2, 0) is 0 Å². The first-order chi connectivity index (χ1) is 5.70. The summed E-state index contributed by atoms with van der Waals surface area (Å²) >= 11 is 1.35. The van der Waals surface area contributed by atoms with E-state index in [1.807, 2.05) is 0 Å². The minimum absolute atomic E-state index is 0.0583. The van der Waals surface area contributed by atoms with Gasteiger partial charge in [-0.05, 0) is 6.92 Å². The highest BCUT2D eigenvalue weighted by atomic mass is 32.1. The molecule has 0 saturated heterocycles. The fourth-order valence-electron chi connectivity index (χ4n) is 1.08. The standard InChI is InChI=1S/C7H6N2O2S/c1-4(10)5-2-9(11)7-6(5)12-3-8-7/h2-3,11H,1H3. The smallest absolute Gasteiger partial charge is 0.186 e. The van der Waals surface area contributed by atoms with Gasteiger partial charge in [-0.2, -0.15) is 4.73 Å². The lowest BCUT2D eigenvalue weighted by Crippen LogP contribution is -1.89. The van der Waals surface area contributed by atoms with Crippen molar-refractivity contribution in [3.63, 3.8) is 0 Å². The summed E-state index contributed by atoms with van der Waals surface area (Å²) in [6.07, 6.45) is 1.39. The molecule has 0 atom stereocenters. The molecule has 2 aromatic heterocycles. The summed E-state index contributed by atoms with van der Waals surface area (Å²) < 4.78 is 1.62. The van der Waals surface area contributed by atoms with Crippen LogP contribution in [0.3, 0.4) is 0 Å². The molecule has 62 valence electrons. The average molecular weight is 182 g/mol. The molecular weight excluding hydrogens is 176 g/mol. The molecule has 5 heteroatoms. The lowest BCUT2D eigenvalue weighted by atomic mass is 10.2. The zero-order chi connectivity index (χ0) is 8.72. The first-order valence-electron chi connectivity index (χ1n) is 3.35. The minimum Gasteiger partial charge on any atom is -0.427 e. The Morgan fingerprint density at radius 1 is 1.75 bits per heavy atom. The van der Waals surface area contributed by atoms with Crippen LogP contribution in [0.2, 0.25) is 0 Å². The molecule has 0 aromatic carbocycles. The van der Waals surface area contributed by atoms with Crippen LogP contribution in [-0.4, -0.2) is 20.7 Å².